The number of thiophene rings is 1. The monoisotopic (exact) mass is 318 g/mol. The molecule has 0 aliphatic heterocycles. The largest absolute Gasteiger partial charge is 0.298 e. The molecule has 0 bridgehead atoms. The van der Waals surface area contributed by atoms with Gasteiger partial charge in [-0.1, -0.05) is 15.9 Å². The fourth-order valence-corrected chi connectivity index (χ4v) is 3.43. The Balaban J connectivity index is 2.95. The molecule has 0 aliphatic rings. The average Bonchev–Trinajstić information content (AvgIpc) is 2.56. The molecule has 2 rings (SSSR count). The summed E-state index contributed by atoms with van der Waals surface area (Å²) in [7, 11) is 0. The third-order valence-electron chi connectivity index (χ3n) is 1.78. The van der Waals surface area contributed by atoms with E-state index in [0.717, 1.165) is 30.9 Å². The van der Waals surface area contributed by atoms with Crippen molar-refractivity contribution in [3.05, 3.63) is 32.0 Å². The predicted octanol–water partition coefficient (Wildman–Crippen LogP) is 4.24. The molecule has 0 fully saturated rings. The Bertz CT molecular complexity index is 476. The number of halogens is 2. The number of hydrogen-bond acceptors (Lipinski definition) is 2. The molecule has 0 saturated carbocycles. The normalized spacial score (nSPS) is 10.6. The molecule has 1 aromatic carbocycles. The molecule has 2 aromatic rings. The lowest BCUT2D eigenvalue weighted by Gasteiger charge is -1.97. The van der Waals surface area contributed by atoms with Crippen molar-refractivity contribution in [1.82, 2.24) is 0 Å². The standard InChI is InChI=1S/C9H4Br2OS/c10-6-1-2-7(11)9-8(6)5(3-12)4-13-9/h1-4H. The lowest BCUT2D eigenvalue weighted by Crippen LogP contribution is -1.77. The van der Waals surface area contributed by atoms with E-state index in [2.05, 4.69) is 31.9 Å². The first-order chi connectivity index (χ1) is 6.24. The van der Waals surface area contributed by atoms with E-state index in [9.17, 15) is 4.79 Å². The molecule has 1 nitrogen and oxygen atoms in total. The summed E-state index contributed by atoms with van der Waals surface area (Å²) in [5.41, 5.74) is 0.744. The van der Waals surface area contributed by atoms with Crippen LogP contribution in [0.2, 0.25) is 0 Å². The summed E-state index contributed by atoms with van der Waals surface area (Å²) in [5.74, 6) is 0. The van der Waals surface area contributed by atoms with Gasteiger partial charge in [-0.3, -0.25) is 4.79 Å². The van der Waals surface area contributed by atoms with Crippen LogP contribution in [0.3, 0.4) is 0 Å². The minimum atomic E-state index is 0.744. The zero-order valence-corrected chi connectivity index (χ0v) is 10.4. The molecule has 0 radical (unpaired) electrons. The number of benzene rings is 1. The molecule has 0 spiro atoms. The van der Waals surface area contributed by atoms with Gasteiger partial charge >= 0.3 is 0 Å². The first kappa shape index (κ1) is 9.37. The molecular weight excluding hydrogens is 316 g/mol. The SMILES string of the molecule is O=Cc1csc2c(Br)ccc(Br)c12. The maximum atomic E-state index is 10.7. The number of carbonyl (C=O) groups is 1. The Kier molecular flexibility index (Phi) is 2.53. The Hall–Kier alpha value is -0.190. The van der Waals surface area contributed by atoms with Crippen LogP contribution in [0.1, 0.15) is 10.4 Å². The maximum Gasteiger partial charge on any atom is 0.151 e. The van der Waals surface area contributed by atoms with Crippen molar-refractivity contribution in [2.75, 3.05) is 0 Å². The summed E-state index contributed by atoms with van der Waals surface area (Å²) >= 11 is 8.45. The van der Waals surface area contributed by atoms with Crippen molar-refractivity contribution >= 4 is 59.6 Å². The van der Waals surface area contributed by atoms with Crippen molar-refractivity contribution in [2.45, 2.75) is 0 Å². The number of hydrogen-bond donors (Lipinski definition) is 0. The molecule has 0 saturated heterocycles. The van der Waals surface area contributed by atoms with Crippen molar-refractivity contribution in [3.63, 3.8) is 0 Å². The van der Waals surface area contributed by atoms with Crippen molar-refractivity contribution in [1.29, 1.82) is 0 Å². The number of rotatable bonds is 1. The Morgan fingerprint density at radius 1 is 1.23 bits per heavy atom. The van der Waals surface area contributed by atoms with Crippen molar-refractivity contribution in [2.24, 2.45) is 0 Å². The van der Waals surface area contributed by atoms with E-state index in [1.165, 1.54) is 0 Å². The van der Waals surface area contributed by atoms with Crippen LogP contribution in [0, 0.1) is 0 Å². The Labute approximate surface area is 96.0 Å². The van der Waals surface area contributed by atoms with Gasteiger partial charge in [-0.2, -0.15) is 0 Å². The molecule has 1 aromatic heterocycles. The minimum Gasteiger partial charge on any atom is -0.298 e. The second-order valence-electron chi connectivity index (χ2n) is 2.54. The van der Waals surface area contributed by atoms with Crippen LogP contribution < -0.4 is 0 Å². The van der Waals surface area contributed by atoms with E-state index in [-0.39, 0.29) is 0 Å². The van der Waals surface area contributed by atoms with E-state index >= 15 is 0 Å². The summed E-state index contributed by atoms with van der Waals surface area (Å²) in [6.07, 6.45) is 0.885. The maximum absolute atomic E-state index is 10.7. The third kappa shape index (κ3) is 1.47. The molecule has 66 valence electrons. The van der Waals surface area contributed by atoms with Gasteiger partial charge in [0.2, 0.25) is 0 Å². The molecule has 0 unspecified atom stereocenters. The van der Waals surface area contributed by atoms with E-state index < -0.39 is 0 Å². The molecule has 1 heterocycles. The van der Waals surface area contributed by atoms with E-state index in [1.54, 1.807) is 11.3 Å². The fourth-order valence-electron chi connectivity index (χ4n) is 1.19. The topological polar surface area (TPSA) is 17.1 Å². The van der Waals surface area contributed by atoms with Crippen LogP contribution in [0.4, 0.5) is 0 Å². The van der Waals surface area contributed by atoms with Gasteiger partial charge in [-0.05, 0) is 28.1 Å². The minimum absolute atomic E-state index is 0.744. The van der Waals surface area contributed by atoms with Gasteiger partial charge in [0.1, 0.15) is 0 Å². The highest BCUT2D eigenvalue weighted by Gasteiger charge is 2.09. The van der Waals surface area contributed by atoms with Crippen LogP contribution in [0.25, 0.3) is 10.1 Å². The Morgan fingerprint density at radius 2 is 1.92 bits per heavy atom. The summed E-state index contributed by atoms with van der Waals surface area (Å²) < 4.78 is 3.11. The number of fused-ring (bicyclic) bond motifs is 1. The number of aldehydes is 1. The van der Waals surface area contributed by atoms with E-state index in [1.807, 2.05) is 17.5 Å². The summed E-state index contributed by atoms with van der Waals surface area (Å²) in [4.78, 5) is 10.7. The molecule has 0 N–H and O–H groups in total. The van der Waals surface area contributed by atoms with Gasteiger partial charge in [0.25, 0.3) is 0 Å². The fraction of sp³-hybridized carbons (Fsp3) is 0. The van der Waals surface area contributed by atoms with Crippen LogP contribution in [0.5, 0.6) is 0 Å². The third-order valence-corrected chi connectivity index (χ3v) is 4.39. The van der Waals surface area contributed by atoms with Gasteiger partial charge < -0.3 is 0 Å². The molecule has 0 amide bonds. The van der Waals surface area contributed by atoms with Gasteiger partial charge in [0.05, 0.1) is 4.70 Å². The van der Waals surface area contributed by atoms with Gasteiger partial charge in [-0.25, -0.2) is 0 Å². The van der Waals surface area contributed by atoms with Crippen LogP contribution in [0.15, 0.2) is 26.5 Å². The van der Waals surface area contributed by atoms with Gasteiger partial charge in [-0.15, -0.1) is 11.3 Å². The Morgan fingerprint density at radius 3 is 2.62 bits per heavy atom. The van der Waals surface area contributed by atoms with Gasteiger partial charge in [0, 0.05) is 25.3 Å². The second kappa shape index (κ2) is 3.52. The van der Waals surface area contributed by atoms with Crippen molar-refractivity contribution in [3.8, 4) is 0 Å². The first-order valence-electron chi connectivity index (χ1n) is 3.54. The predicted molar refractivity (Wildman–Crippen MR) is 62.6 cm³/mol. The molecule has 0 atom stereocenters. The molecule has 0 aliphatic carbocycles. The highest BCUT2D eigenvalue weighted by Crippen LogP contribution is 2.36. The molecule has 13 heavy (non-hydrogen) atoms. The van der Waals surface area contributed by atoms with E-state index in [0.29, 0.717) is 0 Å². The highest BCUT2D eigenvalue weighted by atomic mass is 79.9. The first-order valence-corrected chi connectivity index (χ1v) is 6.01. The number of carbonyl (C=O) groups excluding carboxylic acids is 1. The quantitative estimate of drug-likeness (QED) is 0.719. The van der Waals surface area contributed by atoms with Crippen LogP contribution in [-0.2, 0) is 0 Å². The summed E-state index contributed by atoms with van der Waals surface area (Å²) in [5, 5.41) is 2.86. The van der Waals surface area contributed by atoms with Crippen LogP contribution in [-0.4, -0.2) is 6.29 Å². The molecule has 4 heteroatoms. The second-order valence-corrected chi connectivity index (χ2v) is 5.13. The van der Waals surface area contributed by atoms with E-state index in [4.69, 9.17) is 0 Å². The highest BCUT2D eigenvalue weighted by molar-refractivity contribution is 9.11. The van der Waals surface area contributed by atoms with Crippen LogP contribution >= 0.6 is 43.2 Å². The van der Waals surface area contributed by atoms with Crippen molar-refractivity contribution < 1.29 is 4.79 Å². The summed E-state index contributed by atoms with van der Waals surface area (Å²) in [6.45, 7) is 0. The average molecular weight is 320 g/mol. The lowest BCUT2D eigenvalue weighted by molar-refractivity contribution is 0.112. The smallest absolute Gasteiger partial charge is 0.151 e. The lowest BCUT2D eigenvalue weighted by atomic mass is 10.2. The van der Waals surface area contributed by atoms with Gasteiger partial charge in [0.15, 0.2) is 6.29 Å². The summed E-state index contributed by atoms with van der Waals surface area (Å²) in [6, 6.07) is 3.91. The zero-order chi connectivity index (χ0) is 9.42. The molecular formula is C9H4Br2OS. The zero-order valence-electron chi connectivity index (χ0n) is 6.38.